The molecular formula is C16H15ClO4. The van der Waals surface area contributed by atoms with Crippen LogP contribution in [0.5, 0.6) is 11.5 Å². The second kappa shape index (κ2) is 6.99. The second-order valence-corrected chi connectivity index (χ2v) is 4.70. The highest BCUT2D eigenvalue weighted by Crippen LogP contribution is 2.24. The zero-order chi connectivity index (χ0) is 15.2. The molecule has 0 aromatic heterocycles. The molecule has 0 aliphatic rings. The molecule has 0 saturated heterocycles. The molecule has 0 heterocycles. The fourth-order valence-electron chi connectivity index (χ4n) is 1.83. The lowest BCUT2D eigenvalue weighted by Crippen LogP contribution is -2.02. The summed E-state index contributed by atoms with van der Waals surface area (Å²) < 4.78 is 15.6. The minimum absolute atomic E-state index is 0.321. The minimum atomic E-state index is -0.377. The van der Waals surface area contributed by atoms with Crippen molar-refractivity contribution < 1.29 is 19.0 Å². The van der Waals surface area contributed by atoms with Gasteiger partial charge >= 0.3 is 5.97 Å². The molecular weight excluding hydrogens is 292 g/mol. The Morgan fingerprint density at radius 2 is 1.81 bits per heavy atom. The van der Waals surface area contributed by atoms with E-state index in [4.69, 9.17) is 21.1 Å². The van der Waals surface area contributed by atoms with Crippen molar-refractivity contribution in [1.29, 1.82) is 0 Å². The van der Waals surface area contributed by atoms with E-state index in [2.05, 4.69) is 4.74 Å². The van der Waals surface area contributed by atoms with E-state index in [-0.39, 0.29) is 5.97 Å². The molecule has 0 aliphatic heterocycles. The van der Waals surface area contributed by atoms with Crippen LogP contribution < -0.4 is 9.47 Å². The summed E-state index contributed by atoms with van der Waals surface area (Å²) in [6.07, 6.45) is 0. The van der Waals surface area contributed by atoms with Gasteiger partial charge in [0.1, 0.15) is 18.1 Å². The van der Waals surface area contributed by atoms with Crippen LogP contribution in [0.4, 0.5) is 0 Å². The van der Waals surface area contributed by atoms with Gasteiger partial charge in [-0.2, -0.15) is 0 Å². The SMILES string of the molecule is COC(=O)c1ccc(OCc2cc(Cl)ccc2OC)cc1. The van der Waals surface area contributed by atoms with Crippen LogP contribution in [0, 0.1) is 0 Å². The van der Waals surface area contributed by atoms with Gasteiger partial charge in [-0.05, 0) is 42.5 Å². The number of benzene rings is 2. The maximum absolute atomic E-state index is 11.3. The van der Waals surface area contributed by atoms with E-state index in [1.807, 2.05) is 0 Å². The summed E-state index contributed by atoms with van der Waals surface area (Å²) in [7, 11) is 2.94. The van der Waals surface area contributed by atoms with Crippen molar-refractivity contribution in [3.05, 3.63) is 58.6 Å². The highest BCUT2D eigenvalue weighted by Gasteiger charge is 2.07. The van der Waals surface area contributed by atoms with Crippen LogP contribution in [0.25, 0.3) is 0 Å². The molecule has 0 radical (unpaired) electrons. The third-order valence-electron chi connectivity index (χ3n) is 2.91. The summed E-state index contributed by atoms with van der Waals surface area (Å²) in [6, 6.07) is 12.1. The number of ether oxygens (including phenoxy) is 3. The number of esters is 1. The van der Waals surface area contributed by atoms with Crippen LogP contribution >= 0.6 is 11.6 Å². The zero-order valence-electron chi connectivity index (χ0n) is 11.8. The molecule has 0 spiro atoms. The topological polar surface area (TPSA) is 44.8 Å². The van der Waals surface area contributed by atoms with Gasteiger partial charge in [-0.25, -0.2) is 4.79 Å². The first-order valence-electron chi connectivity index (χ1n) is 6.27. The molecule has 0 atom stereocenters. The van der Waals surface area contributed by atoms with Gasteiger partial charge in [0.2, 0.25) is 0 Å². The van der Waals surface area contributed by atoms with Crippen molar-refractivity contribution in [2.24, 2.45) is 0 Å². The van der Waals surface area contributed by atoms with E-state index < -0.39 is 0 Å². The Morgan fingerprint density at radius 3 is 2.43 bits per heavy atom. The Hall–Kier alpha value is -2.20. The van der Waals surface area contributed by atoms with Crippen molar-refractivity contribution in [1.82, 2.24) is 0 Å². The molecule has 0 N–H and O–H groups in total. The Balaban J connectivity index is 2.06. The molecule has 0 unspecified atom stereocenters. The molecule has 0 aliphatic carbocycles. The van der Waals surface area contributed by atoms with Gasteiger partial charge in [-0.1, -0.05) is 11.6 Å². The molecule has 0 saturated carbocycles. The summed E-state index contributed by atoms with van der Waals surface area (Å²) in [5.41, 5.74) is 1.33. The largest absolute Gasteiger partial charge is 0.496 e. The Bertz CT molecular complexity index is 623. The van der Waals surface area contributed by atoms with Crippen LogP contribution in [0.3, 0.4) is 0 Å². The van der Waals surface area contributed by atoms with E-state index >= 15 is 0 Å². The second-order valence-electron chi connectivity index (χ2n) is 4.26. The quantitative estimate of drug-likeness (QED) is 0.790. The molecule has 2 aromatic rings. The van der Waals surface area contributed by atoms with Crippen molar-refractivity contribution in [3.63, 3.8) is 0 Å². The summed E-state index contributed by atoms with van der Waals surface area (Å²) in [5, 5.41) is 0.621. The number of hydrogen-bond acceptors (Lipinski definition) is 4. The van der Waals surface area contributed by atoms with Crippen LogP contribution in [-0.4, -0.2) is 20.2 Å². The molecule has 2 rings (SSSR count). The molecule has 21 heavy (non-hydrogen) atoms. The third kappa shape index (κ3) is 3.89. The Kier molecular flexibility index (Phi) is 5.06. The van der Waals surface area contributed by atoms with Crippen molar-refractivity contribution >= 4 is 17.6 Å². The maximum Gasteiger partial charge on any atom is 0.337 e. The van der Waals surface area contributed by atoms with Crippen LogP contribution in [0.1, 0.15) is 15.9 Å². The smallest absolute Gasteiger partial charge is 0.337 e. The van der Waals surface area contributed by atoms with Gasteiger partial charge in [0.15, 0.2) is 0 Å². The molecule has 4 nitrogen and oxygen atoms in total. The lowest BCUT2D eigenvalue weighted by Gasteiger charge is -2.11. The van der Waals surface area contributed by atoms with Gasteiger partial charge in [0, 0.05) is 10.6 Å². The summed E-state index contributed by atoms with van der Waals surface area (Å²) >= 11 is 5.96. The Morgan fingerprint density at radius 1 is 1.10 bits per heavy atom. The van der Waals surface area contributed by atoms with Crippen LogP contribution in [0.15, 0.2) is 42.5 Å². The van der Waals surface area contributed by atoms with E-state index in [9.17, 15) is 4.79 Å². The first-order valence-corrected chi connectivity index (χ1v) is 6.65. The average Bonchev–Trinajstić information content (AvgIpc) is 2.52. The molecule has 5 heteroatoms. The van der Waals surface area contributed by atoms with Crippen LogP contribution in [0.2, 0.25) is 5.02 Å². The fourth-order valence-corrected chi connectivity index (χ4v) is 2.02. The van der Waals surface area contributed by atoms with E-state index in [0.29, 0.717) is 28.7 Å². The number of hydrogen-bond donors (Lipinski definition) is 0. The number of methoxy groups -OCH3 is 2. The van der Waals surface area contributed by atoms with Gasteiger partial charge in [0.05, 0.1) is 19.8 Å². The zero-order valence-corrected chi connectivity index (χ0v) is 12.5. The fraction of sp³-hybridized carbons (Fsp3) is 0.188. The predicted octanol–water partition coefficient (Wildman–Crippen LogP) is 3.71. The number of carbonyl (C=O) groups is 1. The monoisotopic (exact) mass is 306 g/mol. The maximum atomic E-state index is 11.3. The standard InChI is InChI=1S/C16H15ClO4/c1-19-15-8-5-13(17)9-12(15)10-21-14-6-3-11(4-7-14)16(18)20-2/h3-9H,10H2,1-2H3. The minimum Gasteiger partial charge on any atom is -0.496 e. The van der Waals surface area contributed by atoms with Crippen molar-refractivity contribution in [2.45, 2.75) is 6.61 Å². The predicted molar refractivity (Wildman–Crippen MR) is 80.1 cm³/mol. The first-order chi connectivity index (χ1) is 10.1. The highest BCUT2D eigenvalue weighted by atomic mass is 35.5. The molecule has 2 aromatic carbocycles. The summed E-state index contributed by atoms with van der Waals surface area (Å²) in [5.74, 6) is 0.980. The number of halogens is 1. The molecule has 0 bridgehead atoms. The van der Waals surface area contributed by atoms with E-state index in [0.717, 1.165) is 5.56 Å². The van der Waals surface area contributed by atoms with E-state index in [1.165, 1.54) is 7.11 Å². The van der Waals surface area contributed by atoms with Crippen molar-refractivity contribution in [3.8, 4) is 11.5 Å². The number of rotatable bonds is 5. The molecule has 110 valence electrons. The lowest BCUT2D eigenvalue weighted by atomic mass is 10.2. The normalized spacial score (nSPS) is 10.0. The first kappa shape index (κ1) is 15.2. The summed E-state index contributed by atoms with van der Waals surface area (Å²) in [4.78, 5) is 11.3. The van der Waals surface area contributed by atoms with E-state index in [1.54, 1.807) is 49.6 Å². The van der Waals surface area contributed by atoms with Gasteiger partial charge in [0.25, 0.3) is 0 Å². The van der Waals surface area contributed by atoms with Gasteiger partial charge in [-0.3, -0.25) is 0 Å². The van der Waals surface area contributed by atoms with Crippen LogP contribution in [-0.2, 0) is 11.3 Å². The summed E-state index contributed by atoms with van der Waals surface area (Å²) in [6.45, 7) is 0.321. The molecule has 0 fully saturated rings. The highest BCUT2D eigenvalue weighted by molar-refractivity contribution is 6.30. The third-order valence-corrected chi connectivity index (χ3v) is 3.15. The van der Waals surface area contributed by atoms with Gasteiger partial charge in [-0.15, -0.1) is 0 Å². The molecule has 0 amide bonds. The Labute approximate surface area is 128 Å². The number of carbonyl (C=O) groups excluding carboxylic acids is 1. The lowest BCUT2D eigenvalue weighted by molar-refractivity contribution is 0.0600. The average molecular weight is 307 g/mol. The van der Waals surface area contributed by atoms with Crippen molar-refractivity contribution in [2.75, 3.05) is 14.2 Å². The van der Waals surface area contributed by atoms with Gasteiger partial charge < -0.3 is 14.2 Å².